The van der Waals surface area contributed by atoms with Gasteiger partial charge < -0.3 is 4.74 Å². The zero-order valence-electron chi connectivity index (χ0n) is 8.98. The molecule has 1 aromatic heterocycles. The van der Waals surface area contributed by atoms with Crippen LogP contribution in [0.15, 0.2) is 9.72 Å². The van der Waals surface area contributed by atoms with E-state index in [0.29, 0.717) is 0 Å². The summed E-state index contributed by atoms with van der Waals surface area (Å²) in [6.07, 6.45) is -0.705. The van der Waals surface area contributed by atoms with E-state index in [2.05, 4.69) is 15.0 Å². The Bertz CT molecular complexity index is 379. The molecule has 0 atom stereocenters. The molecule has 1 N–H and O–H groups in total. The zero-order chi connectivity index (χ0) is 12.0. The van der Waals surface area contributed by atoms with Crippen molar-refractivity contribution in [2.45, 2.75) is 18.2 Å². The summed E-state index contributed by atoms with van der Waals surface area (Å²) in [5.74, 6) is -0.220. The van der Waals surface area contributed by atoms with Crippen molar-refractivity contribution in [2.75, 3.05) is 12.4 Å². The van der Waals surface area contributed by atoms with Gasteiger partial charge in [-0.2, -0.15) is 0 Å². The summed E-state index contributed by atoms with van der Waals surface area (Å²) in [7, 11) is 0. The van der Waals surface area contributed by atoms with Gasteiger partial charge in [-0.3, -0.25) is 10.1 Å². The maximum Gasteiger partial charge on any atom is 0.413 e. The van der Waals surface area contributed by atoms with Crippen molar-refractivity contribution in [1.82, 2.24) is 10.3 Å². The van der Waals surface area contributed by atoms with Crippen LogP contribution in [0.2, 0.25) is 0 Å². The molecule has 88 valence electrons. The highest BCUT2D eigenvalue weighted by molar-refractivity contribution is 8.01. The van der Waals surface area contributed by atoms with Gasteiger partial charge in [0.1, 0.15) is 0 Å². The number of alkyl carbamates (subject to hydrolysis) is 1. The topological polar surface area (TPSA) is 68.3 Å². The van der Waals surface area contributed by atoms with Crippen molar-refractivity contribution in [3.8, 4) is 0 Å². The lowest BCUT2D eigenvalue weighted by atomic mass is 10.6. The van der Waals surface area contributed by atoms with Crippen molar-refractivity contribution < 1.29 is 14.3 Å². The number of aryl methyl sites for hydroxylation is 1. The molecule has 0 aliphatic heterocycles. The second-order valence-corrected chi connectivity index (χ2v) is 4.89. The van der Waals surface area contributed by atoms with Crippen LogP contribution in [0.4, 0.5) is 4.79 Å². The van der Waals surface area contributed by atoms with Crippen molar-refractivity contribution >= 4 is 35.1 Å². The molecule has 0 spiro atoms. The van der Waals surface area contributed by atoms with Crippen LogP contribution in [0.3, 0.4) is 0 Å². The Morgan fingerprint density at radius 3 is 2.94 bits per heavy atom. The predicted octanol–water partition coefficient (Wildman–Crippen LogP) is 1.82. The number of imide groups is 1. The van der Waals surface area contributed by atoms with Gasteiger partial charge in [-0.25, -0.2) is 9.78 Å². The molecule has 0 aliphatic rings. The van der Waals surface area contributed by atoms with Crippen molar-refractivity contribution in [1.29, 1.82) is 0 Å². The molecule has 0 fully saturated rings. The first-order valence-corrected chi connectivity index (χ1v) is 6.50. The molecule has 5 nitrogen and oxygen atoms in total. The van der Waals surface area contributed by atoms with Gasteiger partial charge in [0.15, 0.2) is 4.34 Å². The summed E-state index contributed by atoms with van der Waals surface area (Å²) in [6, 6.07) is 0. The number of nitrogens with one attached hydrogen (secondary N) is 1. The molecular weight excluding hydrogens is 248 g/mol. The number of amides is 2. The highest BCUT2D eigenvalue weighted by Crippen LogP contribution is 2.21. The summed E-state index contributed by atoms with van der Waals surface area (Å²) in [6.45, 7) is 3.81. The number of nitrogens with zero attached hydrogens (tertiary/aromatic N) is 1. The van der Waals surface area contributed by atoms with E-state index in [0.717, 1.165) is 10.0 Å². The van der Waals surface area contributed by atoms with Gasteiger partial charge in [-0.15, -0.1) is 11.3 Å². The largest absolute Gasteiger partial charge is 0.450 e. The van der Waals surface area contributed by atoms with E-state index >= 15 is 0 Å². The van der Waals surface area contributed by atoms with E-state index < -0.39 is 6.09 Å². The Morgan fingerprint density at radius 2 is 2.38 bits per heavy atom. The summed E-state index contributed by atoms with van der Waals surface area (Å²) < 4.78 is 5.39. The lowest BCUT2D eigenvalue weighted by molar-refractivity contribution is -0.117. The second-order valence-electron chi connectivity index (χ2n) is 2.81. The smallest absolute Gasteiger partial charge is 0.413 e. The van der Waals surface area contributed by atoms with E-state index in [1.54, 1.807) is 6.92 Å². The fourth-order valence-corrected chi connectivity index (χ4v) is 2.49. The van der Waals surface area contributed by atoms with Crippen LogP contribution in [0.25, 0.3) is 0 Å². The molecule has 1 rings (SSSR count). The maximum atomic E-state index is 11.3. The lowest BCUT2D eigenvalue weighted by Gasteiger charge is -2.02. The molecule has 1 heterocycles. The number of hydrogen-bond acceptors (Lipinski definition) is 6. The molecule has 0 unspecified atom stereocenters. The fraction of sp³-hybridized carbons (Fsp3) is 0.444. The Morgan fingerprint density at radius 1 is 1.62 bits per heavy atom. The van der Waals surface area contributed by atoms with E-state index in [-0.39, 0.29) is 18.3 Å². The third kappa shape index (κ3) is 4.63. The van der Waals surface area contributed by atoms with Gasteiger partial charge in [0, 0.05) is 11.1 Å². The van der Waals surface area contributed by atoms with Gasteiger partial charge in [-0.05, 0) is 13.8 Å². The minimum Gasteiger partial charge on any atom is -0.450 e. The summed E-state index contributed by atoms with van der Waals surface area (Å²) in [4.78, 5) is 26.3. The Kier molecular flexibility index (Phi) is 5.27. The number of rotatable bonds is 4. The molecule has 0 radical (unpaired) electrons. The van der Waals surface area contributed by atoms with Crippen LogP contribution in [0.5, 0.6) is 0 Å². The highest BCUT2D eigenvalue weighted by Gasteiger charge is 2.09. The van der Waals surface area contributed by atoms with Gasteiger partial charge in [-0.1, -0.05) is 11.8 Å². The normalized spacial score (nSPS) is 9.88. The summed E-state index contributed by atoms with van der Waals surface area (Å²) >= 11 is 2.77. The Labute approximate surface area is 102 Å². The summed E-state index contributed by atoms with van der Waals surface area (Å²) in [5, 5.41) is 4.02. The van der Waals surface area contributed by atoms with Crippen LogP contribution in [-0.4, -0.2) is 29.3 Å². The van der Waals surface area contributed by atoms with Crippen molar-refractivity contribution in [2.24, 2.45) is 0 Å². The third-order valence-corrected chi connectivity index (χ3v) is 3.58. The maximum absolute atomic E-state index is 11.3. The lowest BCUT2D eigenvalue weighted by Crippen LogP contribution is -2.32. The monoisotopic (exact) mass is 260 g/mol. The fourth-order valence-electron chi connectivity index (χ4n) is 0.843. The van der Waals surface area contributed by atoms with E-state index in [9.17, 15) is 9.59 Å². The van der Waals surface area contributed by atoms with Crippen LogP contribution in [0, 0.1) is 6.92 Å². The molecule has 0 saturated heterocycles. The number of hydrogen-bond donors (Lipinski definition) is 1. The number of carbonyl (C=O) groups is 2. The first kappa shape index (κ1) is 13.0. The molecule has 0 aromatic carbocycles. The minimum absolute atomic E-state index is 0.158. The molecule has 7 heteroatoms. The molecule has 0 aliphatic carbocycles. The number of thiazole rings is 1. The SMILES string of the molecule is CCOC(=O)NC(=O)CSc1nc(C)cs1. The van der Waals surface area contributed by atoms with Crippen LogP contribution in [0.1, 0.15) is 12.6 Å². The van der Waals surface area contributed by atoms with Gasteiger partial charge in [0.2, 0.25) is 5.91 Å². The number of aromatic nitrogens is 1. The Hall–Kier alpha value is -1.08. The molecule has 0 bridgehead atoms. The number of ether oxygens (including phenoxy) is 1. The number of carbonyl (C=O) groups excluding carboxylic acids is 2. The van der Waals surface area contributed by atoms with Gasteiger partial charge in [0.05, 0.1) is 12.4 Å². The molecule has 1 aromatic rings. The average molecular weight is 260 g/mol. The van der Waals surface area contributed by atoms with Gasteiger partial charge in [0.25, 0.3) is 0 Å². The van der Waals surface area contributed by atoms with Crippen molar-refractivity contribution in [3.63, 3.8) is 0 Å². The van der Waals surface area contributed by atoms with Crippen LogP contribution in [-0.2, 0) is 9.53 Å². The molecule has 2 amide bonds. The Balaban J connectivity index is 2.27. The minimum atomic E-state index is -0.705. The standard InChI is InChI=1S/C9H12N2O3S2/c1-3-14-8(13)11-7(12)5-16-9-10-6(2)4-15-9/h4H,3,5H2,1-2H3,(H,11,12,13). The second kappa shape index (κ2) is 6.49. The first-order chi connectivity index (χ1) is 7.61. The van der Waals surface area contributed by atoms with Gasteiger partial charge >= 0.3 is 6.09 Å². The van der Waals surface area contributed by atoms with Crippen molar-refractivity contribution in [3.05, 3.63) is 11.1 Å². The zero-order valence-corrected chi connectivity index (χ0v) is 10.6. The average Bonchev–Trinajstić information content (AvgIpc) is 2.61. The summed E-state index contributed by atoms with van der Waals surface area (Å²) in [5.41, 5.74) is 0.929. The van der Waals surface area contributed by atoms with E-state index in [4.69, 9.17) is 0 Å². The van der Waals surface area contributed by atoms with Crippen LogP contribution >= 0.6 is 23.1 Å². The number of thioether (sulfide) groups is 1. The molecule has 0 saturated carbocycles. The predicted molar refractivity (Wildman–Crippen MR) is 62.7 cm³/mol. The molecular formula is C9H12N2O3S2. The van der Waals surface area contributed by atoms with E-state index in [1.807, 2.05) is 12.3 Å². The molecule has 16 heavy (non-hydrogen) atoms. The first-order valence-electron chi connectivity index (χ1n) is 4.63. The quantitative estimate of drug-likeness (QED) is 0.836. The third-order valence-electron chi connectivity index (χ3n) is 1.44. The van der Waals surface area contributed by atoms with E-state index in [1.165, 1.54) is 23.1 Å². The van der Waals surface area contributed by atoms with Crippen LogP contribution < -0.4 is 5.32 Å². The highest BCUT2D eigenvalue weighted by atomic mass is 32.2.